The van der Waals surface area contributed by atoms with E-state index in [4.69, 9.17) is 10.5 Å². The molecule has 2 amide bonds. The van der Waals surface area contributed by atoms with Crippen LogP contribution < -0.4 is 15.8 Å². The number of imide groups is 1. The average molecular weight is 354 g/mol. The maximum Gasteiger partial charge on any atom is 0.290 e. The molecule has 1 fully saturated rings. The van der Waals surface area contributed by atoms with E-state index >= 15 is 0 Å². The van der Waals surface area contributed by atoms with Crippen LogP contribution in [0.1, 0.15) is 17.5 Å². The number of ether oxygens (including phenoxy) is 1. The summed E-state index contributed by atoms with van der Waals surface area (Å²) in [7, 11) is 0. The van der Waals surface area contributed by atoms with Crippen LogP contribution in [-0.4, -0.2) is 17.8 Å². The van der Waals surface area contributed by atoms with Crippen molar-refractivity contribution in [3.05, 3.63) is 64.6 Å². The first-order valence-corrected chi connectivity index (χ1v) is 8.74. The molecule has 1 heterocycles. The molecule has 2 aromatic rings. The predicted octanol–water partition coefficient (Wildman–Crippen LogP) is 3.60. The van der Waals surface area contributed by atoms with E-state index in [1.165, 1.54) is 5.56 Å². The average Bonchev–Trinajstić information content (AvgIpc) is 2.91. The molecule has 0 radical (unpaired) electrons. The highest BCUT2D eigenvalue weighted by Crippen LogP contribution is 2.28. The highest BCUT2D eigenvalue weighted by molar-refractivity contribution is 8.18. The number of hydrogen-bond donors (Lipinski definition) is 2. The molecule has 5 nitrogen and oxygen atoms in total. The zero-order chi connectivity index (χ0) is 17.6. The second-order valence-electron chi connectivity index (χ2n) is 5.59. The van der Waals surface area contributed by atoms with Crippen molar-refractivity contribution in [1.29, 1.82) is 0 Å². The number of nitrogen functional groups attached to an aromatic ring is 1. The maximum atomic E-state index is 11.6. The Labute approximate surface area is 150 Å². The van der Waals surface area contributed by atoms with Gasteiger partial charge in [0, 0.05) is 0 Å². The molecule has 0 aromatic heterocycles. The molecule has 0 atom stereocenters. The molecule has 1 saturated heterocycles. The summed E-state index contributed by atoms with van der Waals surface area (Å²) >= 11 is 0.883. The Morgan fingerprint density at radius 3 is 2.60 bits per heavy atom. The van der Waals surface area contributed by atoms with Gasteiger partial charge in [0.1, 0.15) is 5.75 Å². The Kier molecular flexibility index (Phi) is 5.40. The van der Waals surface area contributed by atoms with E-state index in [1.54, 1.807) is 18.2 Å². The quantitative estimate of drug-likeness (QED) is 0.470. The number of nitrogens with one attached hydrogen (secondary N) is 1. The number of carbonyl (C=O) groups is 2. The molecule has 0 bridgehead atoms. The van der Waals surface area contributed by atoms with Gasteiger partial charge in [-0.25, -0.2) is 0 Å². The van der Waals surface area contributed by atoms with Gasteiger partial charge < -0.3 is 10.5 Å². The van der Waals surface area contributed by atoms with Gasteiger partial charge in [-0.05, 0) is 53.9 Å². The summed E-state index contributed by atoms with van der Waals surface area (Å²) in [5, 5.41) is 1.86. The lowest BCUT2D eigenvalue weighted by Crippen LogP contribution is -2.17. The summed E-state index contributed by atoms with van der Waals surface area (Å²) in [5.74, 6) is 0.240. The molecule has 2 aromatic carbocycles. The van der Waals surface area contributed by atoms with E-state index in [-0.39, 0.29) is 11.1 Å². The summed E-state index contributed by atoms with van der Waals surface area (Å²) in [6.45, 7) is 0.576. The fraction of sp³-hybridized carbons (Fsp3) is 0.158. The lowest BCUT2D eigenvalue weighted by Gasteiger charge is -2.09. The number of carbonyl (C=O) groups excluding carboxylic acids is 2. The third-order valence-corrected chi connectivity index (χ3v) is 4.49. The number of benzene rings is 2. The van der Waals surface area contributed by atoms with Crippen LogP contribution in [0.15, 0.2) is 53.4 Å². The Hall–Kier alpha value is -2.73. The number of amides is 2. The van der Waals surface area contributed by atoms with Crippen molar-refractivity contribution in [3.8, 4) is 5.75 Å². The minimum absolute atomic E-state index is 0.359. The second-order valence-corrected chi connectivity index (χ2v) is 6.60. The molecule has 0 spiro atoms. The lowest BCUT2D eigenvalue weighted by atomic mass is 10.1. The van der Waals surface area contributed by atoms with E-state index in [0.29, 0.717) is 22.9 Å². The van der Waals surface area contributed by atoms with Crippen LogP contribution in [-0.2, 0) is 11.2 Å². The third kappa shape index (κ3) is 4.64. The molecule has 0 saturated carbocycles. The standard InChI is InChI=1S/C19H18N2O3S/c20-15-11-14(12-17-18(22)21-19(23)25-17)8-9-16(15)24-10-4-7-13-5-2-1-3-6-13/h1-3,5-6,8-9,11-12H,4,7,10,20H2,(H,21,22,23)/b17-12-. The van der Waals surface area contributed by atoms with Crippen molar-refractivity contribution in [2.45, 2.75) is 12.8 Å². The molecule has 6 heteroatoms. The SMILES string of the molecule is Nc1cc(/C=C2\SC(=O)NC2=O)ccc1OCCCc1ccccc1. The fourth-order valence-corrected chi connectivity index (χ4v) is 3.15. The number of rotatable bonds is 6. The van der Waals surface area contributed by atoms with Crippen LogP contribution in [0.2, 0.25) is 0 Å². The zero-order valence-corrected chi connectivity index (χ0v) is 14.3. The number of hydrogen-bond acceptors (Lipinski definition) is 5. The van der Waals surface area contributed by atoms with Crippen molar-refractivity contribution < 1.29 is 14.3 Å². The van der Waals surface area contributed by atoms with E-state index in [9.17, 15) is 9.59 Å². The van der Waals surface area contributed by atoms with Crippen LogP contribution in [0, 0.1) is 0 Å². The number of anilines is 1. The monoisotopic (exact) mass is 354 g/mol. The number of aryl methyl sites for hydroxylation is 1. The second kappa shape index (κ2) is 7.90. The fourth-order valence-electron chi connectivity index (χ4n) is 2.46. The van der Waals surface area contributed by atoms with Crippen molar-refractivity contribution in [3.63, 3.8) is 0 Å². The van der Waals surface area contributed by atoms with E-state index < -0.39 is 0 Å². The van der Waals surface area contributed by atoms with Gasteiger partial charge in [-0.15, -0.1) is 0 Å². The molecular formula is C19H18N2O3S. The van der Waals surface area contributed by atoms with Crippen LogP contribution in [0.5, 0.6) is 5.75 Å². The molecule has 1 aliphatic heterocycles. The van der Waals surface area contributed by atoms with Gasteiger partial charge >= 0.3 is 0 Å². The van der Waals surface area contributed by atoms with Crippen LogP contribution in [0.3, 0.4) is 0 Å². The molecule has 3 N–H and O–H groups in total. The predicted molar refractivity (Wildman–Crippen MR) is 100 cm³/mol. The van der Waals surface area contributed by atoms with E-state index in [1.807, 2.05) is 24.3 Å². The number of nitrogens with two attached hydrogens (primary N) is 1. The van der Waals surface area contributed by atoms with Crippen molar-refractivity contribution in [2.75, 3.05) is 12.3 Å². The summed E-state index contributed by atoms with van der Waals surface area (Å²) in [4.78, 5) is 23.1. The zero-order valence-electron chi connectivity index (χ0n) is 13.5. The Morgan fingerprint density at radius 1 is 1.12 bits per heavy atom. The van der Waals surface area contributed by atoms with Crippen LogP contribution >= 0.6 is 11.8 Å². The largest absolute Gasteiger partial charge is 0.491 e. The molecule has 1 aliphatic rings. The number of thioether (sulfide) groups is 1. The van der Waals surface area contributed by atoms with Gasteiger partial charge in [0.25, 0.3) is 11.1 Å². The van der Waals surface area contributed by atoms with Gasteiger partial charge in [-0.1, -0.05) is 36.4 Å². The van der Waals surface area contributed by atoms with Crippen LogP contribution in [0.25, 0.3) is 6.08 Å². The molecule has 3 rings (SSSR count). The van der Waals surface area contributed by atoms with Crippen molar-refractivity contribution in [1.82, 2.24) is 5.32 Å². The summed E-state index contributed by atoms with van der Waals surface area (Å²) < 4.78 is 5.74. The van der Waals surface area contributed by atoms with Gasteiger partial charge in [0.15, 0.2) is 0 Å². The first kappa shape index (κ1) is 17.1. The smallest absolute Gasteiger partial charge is 0.290 e. The van der Waals surface area contributed by atoms with Crippen molar-refractivity contribution >= 4 is 34.7 Å². The lowest BCUT2D eigenvalue weighted by molar-refractivity contribution is -0.115. The van der Waals surface area contributed by atoms with Crippen molar-refractivity contribution in [2.24, 2.45) is 0 Å². The molecule has 0 aliphatic carbocycles. The summed E-state index contributed by atoms with van der Waals surface area (Å²) in [5.41, 5.74) is 8.56. The highest BCUT2D eigenvalue weighted by Gasteiger charge is 2.24. The minimum atomic E-state index is -0.380. The van der Waals surface area contributed by atoms with E-state index in [2.05, 4.69) is 17.4 Å². The molecule has 128 valence electrons. The van der Waals surface area contributed by atoms with E-state index in [0.717, 1.165) is 30.2 Å². The first-order valence-electron chi connectivity index (χ1n) is 7.93. The van der Waals surface area contributed by atoms with Gasteiger partial charge in [0.05, 0.1) is 17.2 Å². The van der Waals surface area contributed by atoms with Crippen LogP contribution in [0.4, 0.5) is 10.5 Å². The molecular weight excluding hydrogens is 336 g/mol. The molecule has 25 heavy (non-hydrogen) atoms. The van der Waals surface area contributed by atoms with Gasteiger partial charge in [-0.2, -0.15) is 0 Å². The Bertz CT molecular complexity index is 819. The minimum Gasteiger partial charge on any atom is -0.491 e. The first-order chi connectivity index (χ1) is 12.1. The van der Waals surface area contributed by atoms with Gasteiger partial charge in [0.2, 0.25) is 0 Å². The van der Waals surface area contributed by atoms with Gasteiger partial charge in [-0.3, -0.25) is 14.9 Å². The topological polar surface area (TPSA) is 81.4 Å². The normalized spacial score (nSPS) is 15.4. The summed E-state index contributed by atoms with van der Waals surface area (Å²) in [6.07, 6.45) is 3.49. The summed E-state index contributed by atoms with van der Waals surface area (Å²) in [6, 6.07) is 15.6. The third-order valence-electron chi connectivity index (χ3n) is 3.68. The molecule has 0 unspecified atom stereocenters. The highest BCUT2D eigenvalue weighted by atomic mass is 32.2. The maximum absolute atomic E-state index is 11.6. The Balaban J connectivity index is 1.56. The Morgan fingerprint density at radius 2 is 1.92 bits per heavy atom.